The number of piperidine rings is 1. The monoisotopic (exact) mass is 600 g/mol. The molecule has 0 unspecified atom stereocenters. The third kappa shape index (κ3) is 10.4. The van der Waals surface area contributed by atoms with Gasteiger partial charge in [0, 0.05) is 58.9 Å². The number of rotatable bonds is 18. The molecular weight excluding hydrogens is 548 g/mol. The summed E-state index contributed by atoms with van der Waals surface area (Å²) in [6.45, 7) is 11.6. The first kappa shape index (κ1) is 33.6. The number of fused-ring (bicyclic) bond motifs is 1. The van der Waals surface area contributed by atoms with Crippen LogP contribution in [0.15, 0.2) is 42.5 Å². The van der Waals surface area contributed by atoms with Crippen LogP contribution < -0.4 is 15.0 Å². The van der Waals surface area contributed by atoms with Crippen molar-refractivity contribution in [1.82, 2.24) is 5.32 Å². The molecule has 2 aliphatic heterocycles. The minimum Gasteiger partial charge on any atom is -0.490 e. The SMILES string of the molecule is COCCCN1CCOc2ccc(CO[C@H]3CNC[C@@H](OCC[C@@H](C)O)[C@@H]3c3ccc(COC[C@@H](C)COC)cc3)cc21. The molecule has 0 aromatic heterocycles. The average Bonchev–Trinajstić information content (AvgIpc) is 3.01. The maximum atomic E-state index is 9.80. The molecule has 0 spiro atoms. The van der Waals surface area contributed by atoms with Crippen molar-refractivity contribution in [3.05, 3.63) is 59.2 Å². The van der Waals surface area contributed by atoms with Crippen molar-refractivity contribution in [3.8, 4) is 5.75 Å². The van der Waals surface area contributed by atoms with Crippen molar-refractivity contribution in [3.63, 3.8) is 0 Å². The van der Waals surface area contributed by atoms with E-state index in [9.17, 15) is 5.11 Å². The minimum absolute atomic E-state index is 0.0541. The highest BCUT2D eigenvalue weighted by atomic mass is 16.5. The van der Waals surface area contributed by atoms with E-state index in [1.54, 1.807) is 21.1 Å². The summed E-state index contributed by atoms with van der Waals surface area (Å²) < 4.78 is 35.3. The predicted molar refractivity (Wildman–Crippen MR) is 168 cm³/mol. The molecule has 0 radical (unpaired) electrons. The van der Waals surface area contributed by atoms with E-state index in [1.165, 1.54) is 5.56 Å². The topological polar surface area (TPSA) is 90.9 Å². The first-order valence-electron chi connectivity index (χ1n) is 15.8. The molecule has 1 fully saturated rings. The Kier molecular flexibility index (Phi) is 14.0. The molecular formula is C34H52N2O7. The van der Waals surface area contributed by atoms with Crippen molar-refractivity contribution in [2.24, 2.45) is 5.92 Å². The summed E-state index contributed by atoms with van der Waals surface area (Å²) in [6.07, 6.45) is 1.04. The van der Waals surface area contributed by atoms with E-state index in [-0.39, 0.29) is 18.1 Å². The Morgan fingerprint density at radius 1 is 0.930 bits per heavy atom. The second-order valence-electron chi connectivity index (χ2n) is 11.9. The summed E-state index contributed by atoms with van der Waals surface area (Å²) in [5.41, 5.74) is 4.56. The molecule has 2 N–H and O–H groups in total. The lowest BCUT2D eigenvalue weighted by molar-refractivity contribution is -0.0639. The number of benzene rings is 2. The Hall–Kier alpha value is -2.24. The summed E-state index contributed by atoms with van der Waals surface area (Å²) in [5.74, 6) is 1.34. The van der Waals surface area contributed by atoms with Gasteiger partial charge >= 0.3 is 0 Å². The molecule has 0 aliphatic carbocycles. The Morgan fingerprint density at radius 2 is 1.70 bits per heavy atom. The summed E-state index contributed by atoms with van der Waals surface area (Å²) in [7, 11) is 3.46. The highest BCUT2D eigenvalue weighted by Crippen LogP contribution is 2.34. The second-order valence-corrected chi connectivity index (χ2v) is 11.9. The zero-order valence-electron chi connectivity index (χ0n) is 26.5. The molecule has 43 heavy (non-hydrogen) atoms. The van der Waals surface area contributed by atoms with Crippen molar-refractivity contribution >= 4 is 5.69 Å². The van der Waals surface area contributed by atoms with E-state index in [4.69, 9.17) is 28.4 Å². The van der Waals surface area contributed by atoms with Gasteiger partial charge in [0.05, 0.1) is 57.0 Å². The molecule has 0 bridgehead atoms. The molecule has 0 amide bonds. The number of hydrogen-bond acceptors (Lipinski definition) is 9. The van der Waals surface area contributed by atoms with Gasteiger partial charge in [0.2, 0.25) is 0 Å². The van der Waals surface area contributed by atoms with Gasteiger partial charge in [-0.05, 0) is 48.6 Å². The zero-order valence-corrected chi connectivity index (χ0v) is 26.5. The number of anilines is 1. The lowest BCUT2D eigenvalue weighted by atomic mass is 9.85. The Labute approximate surface area is 257 Å². The van der Waals surface area contributed by atoms with Crippen LogP contribution in [-0.2, 0) is 36.9 Å². The number of nitrogens with zero attached hydrogens (tertiary/aromatic N) is 1. The van der Waals surface area contributed by atoms with Crippen molar-refractivity contribution in [2.75, 3.05) is 78.3 Å². The van der Waals surface area contributed by atoms with Gasteiger partial charge in [-0.1, -0.05) is 37.3 Å². The number of hydrogen-bond donors (Lipinski definition) is 2. The van der Waals surface area contributed by atoms with Crippen LogP contribution in [0.25, 0.3) is 0 Å². The van der Waals surface area contributed by atoms with E-state index >= 15 is 0 Å². The first-order chi connectivity index (χ1) is 21.0. The lowest BCUT2D eigenvalue weighted by Gasteiger charge is -2.39. The Balaban J connectivity index is 1.44. The molecule has 2 aromatic carbocycles. The fourth-order valence-corrected chi connectivity index (χ4v) is 5.80. The van der Waals surface area contributed by atoms with Gasteiger partial charge in [-0.3, -0.25) is 0 Å². The fraction of sp³-hybridized carbons (Fsp3) is 0.647. The quantitative estimate of drug-likeness (QED) is 0.245. The van der Waals surface area contributed by atoms with Crippen LogP contribution in [0.4, 0.5) is 5.69 Å². The van der Waals surface area contributed by atoms with Crippen LogP contribution in [0, 0.1) is 5.92 Å². The molecule has 9 nitrogen and oxygen atoms in total. The van der Waals surface area contributed by atoms with Crippen LogP contribution in [0.2, 0.25) is 0 Å². The van der Waals surface area contributed by atoms with E-state index in [0.29, 0.717) is 52.0 Å². The largest absolute Gasteiger partial charge is 0.490 e. The molecule has 9 heteroatoms. The fourth-order valence-electron chi connectivity index (χ4n) is 5.80. The van der Waals surface area contributed by atoms with Crippen LogP contribution in [0.5, 0.6) is 5.75 Å². The number of methoxy groups -OCH3 is 2. The predicted octanol–water partition coefficient (Wildman–Crippen LogP) is 4.15. The van der Waals surface area contributed by atoms with Crippen LogP contribution in [0.1, 0.15) is 49.3 Å². The van der Waals surface area contributed by atoms with Crippen molar-refractivity contribution in [2.45, 2.75) is 64.1 Å². The minimum atomic E-state index is -0.394. The van der Waals surface area contributed by atoms with Crippen molar-refractivity contribution in [1.29, 1.82) is 0 Å². The summed E-state index contributed by atoms with van der Waals surface area (Å²) in [6, 6.07) is 15.0. The van der Waals surface area contributed by atoms with E-state index in [1.807, 2.05) is 0 Å². The number of nitrogens with one attached hydrogen (secondary N) is 1. The van der Waals surface area contributed by atoms with Gasteiger partial charge < -0.3 is 43.7 Å². The number of aliphatic hydroxyl groups excluding tert-OH is 1. The second kappa shape index (κ2) is 17.9. The number of aliphatic hydroxyl groups is 1. The van der Waals surface area contributed by atoms with Crippen LogP contribution in [0.3, 0.4) is 0 Å². The van der Waals surface area contributed by atoms with Crippen molar-refractivity contribution < 1.29 is 33.5 Å². The summed E-state index contributed by atoms with van der Waals surface area (Å²) in [5, 5.41) is 13.3. The molecule has 2 aliphatic rings. The standard InChI is InChI=1S/C34H52N2O7/c1-25(21-39-4)22-40-23-27-6-9-29(10-7-27)34-32(41-16-12-26(2)37)19-35-20-33(34)43-24-28-8-11-31-30(18-28)36(14-17-42-31)13-5-15-38-3/h6-11,18,25-26,32-35,37H,5,12-17,19-24H2,1-4H3/t25-,26+,32+,33-,34-/m0/s1. The molecule has 1 saturated heterocycles. The smallest absolute Gasteiger partial charge is 0.142 e. The molecule has 240 valence electrons. The lowest BCUT2D eigenvalue weighted by Crippen LogP contribution is -2.50. The molecule has 5 atom stereocenters. The average molecular weight is 601 g/mol. The Bertz CT molecular complexity index is 1070. The Morgan fingerprint density at radius 3 is 2.44 bits per heavy atom. The normalized spacial score (nSPS) is 21.7. The van der Waals surface area contributed by atoms with E-state index < -0.39 is 6.10 Å². The summed E-state index contributed by atoms with van der Waals surface area (Å²) in [4.78, 5) is 2.38. The number of ether oxygens (including phenoxy) is 6. The third-order valence-corrected chi connectivity index (χ3v) is 8.07. The van der Waals surface area contributed by atoms with E-state index in [0.717, 1.165) is 61.8 Å². The first-order valence-corrected chi connectivity index (χ1v) is 15.8. The van der Waals surface area contributed by atoms with Crippen LogP contribution in [-0.4, -0.2) is 96.9 Å². The van der Waals surface area contributed by atoms with Crippen LogP contribution >= 0.6 is 0 Å². The molecule has 0 saturated carbocycles. The van der Waals surface area contributed by atoms with Gasteiger partial charge in [0.1, 0.15) is 12.4 Å². The highest BCUT2D eigenvalue weighted by molar-refractivity contribution is 5.61. The maximum absolute atomic E-state index is 9.80. The van der Waals surface area contributed by atoms with E-state index in [2.05, 4.69) is 59.6 Å². The van der Waals surface area contributed by atoms with Gasteiger partial charge in [-0.2, -0.15) is 0 Å². The summed E-state index contributed by atoms with van der Waals surface area (Å²) >= 11 is 0. The molecule has 2 heterocycles. The third-order valence-electron chi connectivity index (χ3n) is 8.07. The highest BCUT2D eigenvalue weighted by Gasteiger charge is 2.36. The molecule has 2 aromatic rings. The van der Waals surface area contributed by atoms with Gasteiger partial charge in [0.25, 0.3) is 0 Å². The maximum Gasteiger partial charge on any atom is 0.142 e. The molecule has 4 rings (SSSR count). The van der Waals surface area contributed by atoms with Gasteiger partial charge in [-0.25, -0.2) is 0 Å². The zero-order chi connectivity index (χ0) is 30.4. The van der Waals surface area contributed by atoms with Gasteiger partial charge in [0.15, 0.2) is 0 Å². The van der Waals surface area contributed by atoms with Gasteiger partial charge in [-0.15, -0.1) is 0 Å².